The fraction of sp³-hybridized carbons (Fsp3) is 0.636. The molecule has 5 heteroatoms. The average Bonchev–Trinajstić information content (AvgIpc) is 2.76. The molecule has 0 saturated carbocycles. The van der Waals surface area contributed by atoms with Gasteiger partial charge in [0.15, 0.2) is 0 Å². The Morgan fingerprint density at radius 3 is 2.81 bits per heavy atom. The number of esters is 1. The minimum Gasteiger partial charge on any atom is -0.468 e. The number of aryl methyl sites for hydroxylation is 1. The smallest absolute Gasteiger partial charge is 0.322 e. The lowest BCUT2D eigenvalue weighted by Gasteiger charge is -2.16. The second-order valence-corrected chi connectivity index (χ2v) is 4.80. The molecule has 1 heterocycles. The van der Waals surface area contributed by atoms with Crippen LogP contribution < -0.4 is 5.32 Å². The Balaban J connectivity index is 2.57. The van der Waals surface area contributed by atoms with Gasteiger partial charge in [-0.1, -0.05) is 6.92 Å². The highest BCUT2D eigenvalue weighted by molar-refractivity contribution is 7.11. The number of methoxy groups -OCH3 is 1. The third kappa shape index (κ3) is 3.28. The van der Waals surface area contributed by atoms with Crippen molar-refractivity contribution >= 4 is 17.3 Å². The van der Waals surface area contributed by atoms with Gasteiger partial charge in [0.25, 0.3) is 0 Å². The van der Waals surface area contributed by atoms with Gasteiger partial charge in [0.1, 0.15) is 11.0 Å². The molecule has 0 aliphatic rings. The number of aromatic nitrogens is 1. The van der Waals surface area contributed by atoms with Crippen molar-refractivity contribution < 1.29 is 9.53 Å². The van der Waals surface area contributed by atoms with E-state index < -0.39 is 0 Å². The third-order valence-electron chi connectivity index (χ3n) is 2.35. The molecule has 0 amide bonds. The summed E-state index contributed by atoms with van der Waals surface area (Å²) in [6, 6.07) is -0.242. The van der Waals surface area contributed by atoms with Gasteiger partial charge in [-0.2, -0.15) is 0 Å². The van der Waals surface area contributed by atoms with Crippen molar-refractivity contribution in [1.29, 1.82) is 0 Å². The van der Waals surface area contributed by atoms with E-state index in [-0.39, 0.29) is 18.1 Å². The maximum Gasteiger partial charge on any atom is 0.322 e. The van der Waals surface area contributed by atoms with Crippen LogP contribution in [0.3, 0.4) is 0 Å². The van der Waals surface area contributed by atoms with Crippen LogP contribution in [0.5, 0.6) is 0 Å². The molecular weight excluding hydrogens is 224 g/mol. The average molecular weight is 242 g/mol. The summed E-state index contributed by atoms with van der Waals surface area (Å²) in [4.78, 5) is 16.8. The van der Waals surface area contributed by atoms with Crippen LogP contribution >= 0.6 is 11.3 Å². The van der Waals surface area contributed by atoms with Crippen molar-refractivity contribution in [2.45, 2.75) is 39.3 Å². The van der Waals surface area contributed by atoms with Crippen molar-refractivity contribution in [2.24, 2.45) is 0 Å². The van der Waals surface area contributed by atoms with Gasteiger partial charge in [-0.05, 0) is 20.3 Å². The maximum absolute atomic E-state index is 11.2. The molecule has 0 bridgehead atoms. The van der Waals surface area contributed by atoms with Crippen molar-refractivity contribution in [2.75, 3.05) is 7.11 Å². The van der Waals surface area contributed by atoms with Crippen LogP contribution in [0.4, 0.5) is 0 Å². The number of carbonyl (C=O) groups excluding carboxylic acids is 1. The van der Waals surface area contributed by atoms with Gasteiger partial charge in [0.05, 0.1) is 13.2 Å². The lowest BCUT2D eigenvalue weighted by Crippen LogP contribution is -2.36. The minimum absolute atomic E-state index is 0.0689. The number of hydrogen-bond donors (Lipinski definition) is 1. The standard InChI is InChI=1S/C11H18N2O2S/c1-5-9-6-12-10(16-9)7(2)13-8(3)11(14)15-4/h6-8,13H,5H2,1-4H3. The van der Waals surface area contributed by atoms with Crippen LogP contribution in [-0.4, -0.2) is 24.1 Å². The summed E-state index contributed by atoms with van der Waals surface area (Å²) in [6.45, 7) is 5.89. The summed E-state index contributed by atoms with van der Waals surface area (Å²) >= 11 is 1.68. The molecule has 16 heavy (non-hydrogen) atoms. The Hall–Kier alpha value is -0.940. The van der Waals surface area contributed by atoms with Crippen molar-refractivity contribution in [3.8, 4) is 0 Å². The van der Waals surface area contributed by atoms with E-state index in [2.05, 4.69) is 22.0 Å². The van der Waals surface area contributed by atoms with Gasteiger partial charge >= 0.3 is 5.97 Å². The molecule has 0 saturated heterocycles. The molecule has 0 aliphatic heterocycles. The lowest BCUT2D eigenvalue weighted by atomic mass is 10.2. The minimum atomic E-state index is -0.311. The summed E-state index contributed by atoms with van der Waals surface area (Å²) in [6.07, 6.45) is 2.89. The monoisotopic (exact) mass is 242 g/mol. The summed E-state index contributed by atoms with van der Waals surface area (Å²) in [5.74, 6) is -0.251. The van der Waals surface area contributed by atoms with Crippen LogP contribution in [0.15, 0.2) is 6.20 Å². The van der Waals surface area contributed by atoms with E-state index in [9.17, 15) is 4.79 Å². The summed E-state index contributed by atoms with van der Waals surface area (Å²) in [7, 11) is 1.39. The van der Waals surface area contributed by atoms with Crippen molar-refractivity contribution in [3.63, 3.8) is 0 Å². The van der Waals surface area contributed by atoms with E-state index in [1.54, 1.807) is 18.3 Å². The molecule has 0 spiro atoms. The van der Waals surface area contributed by atoms with E-state index in [1.807, 2.05) is 13.1 Å². The number of hydrogen-bond acceptors (Lipinski definition) is 5. The zero-order chi connectivity index (χ0) is 12.1. The Morgan fingerprint density at radius 2 is 2.31 bits per heavy atom. The predicted molar refractivity (Wildman–Crippen MR) is 64.5 cm³/mol. The number of thiazole rings is 1. The Bertz CT molecular complexity index is 352. The Kier molecular flexibility index (Phi) is 4.89. The quantitative estimate of drug-likeness (QED) is 0.801. The number of nitrogens with one attached hydrogen (secondary N) is 1. The summed E-state index contributed by atoms with van der Waals surface area (Å²) in [5.41, 5.74) is 0. The van der Waals surface area contributed by atoms with Crippen LogP contribution in [0.1, 0.15) is 36.7 Å². The molecule has 1 rings (SSSR count). The zero-order valence-corrected chi connectivity index (χ0v) is 10.9. The normalized spacial score (nSPS) is 14.5. The first-order valence-corrected chi connectivity index (χ1v) is 6.18. The van der Waals surface area contributed by atoms with Gasteiger partial charge in [-0.3, -0.25) is 10.1 Å². The number of ether oxygens (including phenoxy) is 1. The van der Waals surface area contributed by atoms with Gasteiger partial charge in [0, 0.05) is 11.1 Å². The fourth-order valence-electron chi connectivity index (χ4n) is 1.38. The predicted octanol–water partition coefficient (Wildman–Crippen LogP) is 1.92. The van der Waals surface area contributed by atoms with Crippen molar-refractivity contribution in [3.05, 3.63) is 16.1 Å². The summed E-state index contributed by atoms with van der Waals surface area (Å²) in [5, 5.41) is 4.16. The van der Waals surface area contributed by atoms with E-state index in [4.69, 9.17) is 0 Å². The molecule has 0 radical (unpaired) electrons. The zero-order valence-electron chi connectivity index (χ0n) is 10.1. The Morgan fingerprint density at radius 1 is 1.62 bits per heavy atom. The SMILES string of the molecule is CCc1cnc(C(C)NC(C)C(=O)OC)s1. The maximum atomic E-state index is 11.2. The second kappa shape index (κ2) is 5.96. The fourth-order valence-corrected chi connectivity index (χ4v) is 2.25. The number of carbonyl (C=O) groups is 1. The highest BCUT2D eigenvalue weighted by Gasteiger charge is 2.18. The van der Waals surface area contributed by atoms with Gasteiger partial charge in [-0.25, -0.2) is 4.98 Å². The van der Waals surface area contributed by atoms with Crippen LogP contribution in [0.25, 0.3) is 0 Å². The molecule has 2 unspecified atom stereocenters. The number of rotatable bonds is 5. The van der Waals surface area contributed by atoms with E-state index in [1.165, 1.54) is 12.0 Å². The largest absolute Gasteiger partial charge is 0.468 e. The first kappa shape index (κ1) is 13.1. The molecule has 4 nitrogen and oxygen atoms in total. The molecule has 2 atom stereocenters. The lowest BCUT2D eigenvalue weighted by molar-refractivity contribution is -0.142. The number of nitrogens with zero attached hydrogens (tertiary/aromatic N) is 1. The van der Waals surface area contributed by atoms with Crippen LogP contribution in [0.2, 0.25) is 0 Å². The molecule has 1 N–H and O–H groups in total. The van der Waals surface area contributed by atoms with Gasteiger partial charge in [0.2, 0.25) is 0 Å². The van der Waals surface area contributed by atoms with E-state index in [0.717, 1.165) is 11.4 Å². The first-order valence-electron chi connectivity index (χ1n) is 5.37. The first-order chi connectivity index (χ1) is 7.58. The molecule has 1 aromatic rings. The molecule has 90 valence electrons. The topological polar surface area (TPSA) is 51.2 Å². The van der Waals surface area contributed by atoms with E-state index in [0.29, 0.717) is 0 Å². The van der Waals surface area contributed by atoms with Crippen molar-refractivity contribution in [1.82, 2.24) is 10.3 Å². The molecular formula is C11H18N2O2S. The second-order valence-electron chi connectivity index (χ2n) is 3.65. The molecule has 0 aromatic carbocycles. The van der Waals surface area contributed by atoms with Crippen LogP contribution in [0, 0.1) is 0 Å². The third-order valence-corrected chi connectivity index (χ3v) is 3.67. The van der Waals surface area contributed by atoms with Gasteiger partial charge < -0.3 is 4.74 Å². The van der Waals surface area contributed by atoms with Crippen LogP contribution in [-0.2, 0) is 16.0 Å². The Labute approximate surface area is 100 Å². The molecule has 0 fully saturated rings. The molecule has 0 aliphatic carbocycles. The van der Waals surface area contributed by atoms with E-state index >= 15 is 0 Å². The highest BCUT2D eigenvalue weighted by Crippen LogP contribution is 2.20. The van der Waals surface area contributed by atoms with Gasteiger partial charge in [-0.15, -0.1) is 11.3 Å². The summed E-state index contributed by atoms with van der Waals surface area (Å²) < 4.78 is 4.66. The molecule has 1 aromatic heterocycles. The highest BCUT2D eigenvalue weighted by atomic mass is 32.1.